The van der Waals surface area contributed by atoms with Crippen molar-refractivity contribution < 1.29 is 4.92 Å². The van der Waals surface area contributed by atoms with Gasteiger partial charge in [0, 0.05) is 30.1 Å². The first-order valence-electron chi connectivity index (χ1n) is 7.04. The van der Waals surface area contributed by atoms with E-state index in [0.717, 1.165) is 19.5 Å². The van der Waals surface area contributed by atoms with Crippen molar-refractivity contribution in [3.8, 4) is 0 Å². The Labute approximate surface area is 109 Å². The molecule has 0 saturated carbocycles. The molecule has 1 aliphatic carbocycles. The van der Waals surface area contributed by atoms with Gasteiger partial charge >= 0.3 is 0 Å². The second-order valence-corrected chi connectivity index (χ2v) is 5.17. The van der Waals surface area contributed by atoms with Crippen LogP contribution >= 0.6 is 0 Å². The van der Waals surface area contributed by atoms with Crippen molar-refractivity contribution in [3.05, 3.63) is 34.0 Å². The van der Waals surface area contributed by atoms with Gasteiger partial charge in [0.05, 0.1) is 0 Å². The number of hydrogen-bond acceptors (Lipinski definition) is 3. The van der Waals surface area contributed by atoms with E-state index in [2.05, 4.69) is 11.0 Å². The van der Waals surface area contributed by atoms with E-state index >= 15 is 0 Å². The molecule has 100 valence electrons. The molecule has 0 radical (unpaired) electrons. The third kappa shape index (κ3) is 3.59. The summed E-state index contributed by atoms with van der Waals surface area (Å²) in [7, 11) is 0. The lowest BCUT2D eigenvalue weighted by Gasteiger charge is -2.27. The van der Waals surface area contributed by atoms with Crippen LogP contribution in [-0.2, 0) is 0 Å². The minimum Gasteiger partial charge on any atom is -0.372 e. The molecule has 2 aliphatic rings. The van der Waals surface area contributed by atoms with E-state index < -0.39 is 6.04 Å². The first kappa shape index (κ1) is 13.1. The van der Waals surface area contributed by atoms with Gasteiger partial charge in [0.15, 0.2) is 0 Å². The normalized spacial score (nSPS) is 25.9. The molecule has 4 heteroatoms. The van der Waals surface area contributed by atoms with Gasteiger partial charge in [-0.2, -0.15) is 0 Å². The molecule has 0 aromatic heterocycles. The summed E-state index contributed by atoms with van der Waals surface area (Å²) < 4.78 is 0. The van der Waals surface area contributed by atoms with E-state index in [-0.39, 0.29) is 4.92 Å². The summed E-state index contributed by atoms with van der Waals surface area (Å²) in [5.74, 6) is 0. The summed E-state index contributed by atoms with van der Waals surface area (Å²) in [5.41, 5.74) is 1.20. The van der Waals surface area contributed by atoms with Crippen LogP contribution in [0, 0.1) is 10.1 Å². The van der Waals surface area contributed by atoms with Gasteiger partial charge in [0.25, 0.3) is 0 Å². The predicted octanol–water partition coefficient (Wildman–Crippen LogP) is 3.13. The lowest BCUT2D eigenvalue weighted by atomic mass is 10.1. The Balaban J connectivity index is 1.99. The average molecular weight is 250 g/mol. The van der Waals surface area contributed by atoms with Gasteiger partial charge in [-0.1, -0.05) is 25.3 Å². The first-order chi connectivity index (χ1) is 8.77. The minimum atomic E-state index is -0.506. The second kappa shape index (κ2) is 6.57. The summed E-state index contributed by atoms with van der Waals surface area (Å²) in [6, 6.07) is -0.506. The highest BCUT2D eigenvalue weighted by molar-refractivity contribution is 5.21. The highest BCUT2D eigenvalue weighted by Crippen LogP contribution is 2.20. The SMILES string of the molecule is O=[N+]([O-])C1C=CC(N2CCCCCCC2)=CCC1. The van der Waals surface area contributed by atoms with Crippen LogP contribution in [0.4, 0.5) is 0 Å². The lowest BCUT2D eigenvalue weighted by molar-refractivity contribution is -0.509. The molecule has 1 saturated heterocycles. The fourth-order valence-electron chi connectivity index (χ4n) is 2.69. The van der Waals surface area contributed by atoms with Crippen LogP contribution in [0.25, 0.3) is 0 Å². The molecular formula is C14H22N2O2. The maximum atomic E-state index is 10.8. The monoisotopic (exact) mass is 250 g/mol. The standard InChI is InChI=1S/C14H22N2O2/c17-16(18)14-8-6-7-13(9-10-14)15-11-4-2-1-3-5-12-15/h7,9-10,14H,1-6,8,11-12H2. The van der Waals surface area contributed by atoms with E-state index in [1.165, 1.54) is 37.8 Å². The number of rotatable bonds is 2. The Morgan fingerprint density at radius 1 is 1.17 bits per heavy atom. The molecule has 0 aromatic carbocycles. The zero-order valence-electron chi connectivity index (χ0n) is 10.9. The smallest absolute Gasteiger partial charge is 0.231 e. The largest absolute Gasteiger partial charge is 0.372 e. The molecule has 18 heavy (non-hydrogen) atoms. The zero-order chi connectivity index (χ0) is 12.8. The summed E-state index contributed by atoms with van der Waals surface area (Å²) in [6.45, 7) is 2.19. The van der Waals surface area contributed by atoms with Crippen LogP contribution < -0.4 is 0 Å². The Hall–Kier alpha value is -1.32. The fourth-order valence-corrected chi connectivity index (χ4v) is 2.69. The molecule has 2 rings (SSSR count). The molecular weight excluding hydrogens is 228 g/mol. The molecule has 0 aromatic rings. The van der Waals surface area contributed by atoms with Crippen molar-refractivity contribution in [1.82, 2.24) is 4.90 Å². The molecule has 1 heterocycles. The molecule has 1 aliphatic heterocycles. The van der Waals surface area contributed by atoms with E-state index in [1.54, 1.807) is 6.08 Å². The third-order valence-electron chi connectivity index (χ3n) is 3.80. The highest BCUT2D eigenvalue weighted by Gasteiger charge is 2.19. The van der Waals surface area contributed by atoms with Crippen molar-refractivity contribution in [1.29, 1.82) is 0 Å². The summed E-state index contributed by atoms with van der Waals surface area (Å²) >= 11 is 0. The van der Waals surface area contributed by atoms with Crippen molar-refractivity contribution in [3.63, 3.8) is 0 Å². The average Bonchev–Trinajstić information content (AvgIpc) is 2.54. The third-order valence-corrected chi connectivity index (χ3v) is 3.80. The minimum absolute atomic E-state index is 0.180. The van der Waals surface area contributed by atoms with Gasteiger partial charge in [-0.05, 0) is 31.4 Å². The topological polar surface area (TPSA) is 46.4 Å². The van der Waals surface area contributed by atoms with Crippen LogP contribution in [0.5, 0.6) is 0 Å². The number of allylic oxidation sites excluding steroid dienone is 2. The molecule has 0 amide bonds. The molecule has 0 spiro atoms. The van der Waals surface area contributed by atoms with Gasteiger partial charge in [0.1, 0.15) is 0 Å². The molecule has 4 nitrogen and oxygen atoms in total. The van der Waals surface area contributed by atoms with Crippen LogP contribution in [-0.4, -0.2) is 29.0 Å². The van der Waals surface area contributed by atoms with E-state index in [4.69, 9.17) is 0 Å². The van der Waals surface area contributed by atoms with Gasteiger partial charge in [0.2, 0.25) is 6.04 Å². The summed E-state index contributed by atoms with van der Waals surface area (Å²) in [4.78, 5) is 13.0. The first-order valence-corrected chi connectivity index (χ1v) is 7.04. The molecule has 0 N–H and O–H groups in total. The predicted molar refractivity (Wildman–Crippen MR) is 71.9 cm³/mol. The van der Waals surface area contributed by atoms with Crippen LogP contribution in [0.2, 0.25) is 0 Å². The van der Waals surface area contributed by atoms with Gasteiger partial charge < -0.3 is 4.90 Å². The van der Waals surface area contributed by atoms with Crippen molar-refractivity contribution in [2.24, 2.45) is 0 Å². The van der Waals surface area contributed by atoms with E-state index in [9.17, 15) is 10.1 Å². The van der Waals surface area contributed by atoms with Crippen LogP contribution in [0.3, 0.4) is 0 Å². The van der Waals surface area contributed by atoms with Gasteiger partial charge in [-0.25, -0.2) is 0 Å². The Morgan fingerprint density at radius 3 is 2.50 bits per heavy atom. The number of nitrogens with zero attached hydrogens (tertiary/aromatic N) is 2. The molecule has 1 fully saturated rings. The van der Waals surface area contributed by atoms with Crippen LogP contribution in [0.1, 0.15) is 44.9 Å². The van der Waals surface area contributed by atoms with E-state index in [0.29, 0.717) is 6.42 Å². The fraction of sp³-hybridized carbons (Fsp3) is 0.714. The maximum absolute atomic E-state index is 10.8. The Morgan fingerprint density at radius 2 is 1.83 bits per heavy atom. The van der Waals surface area contributed by atoms with Gasteiger partial charge in [-0.3, -0.25) is 10.1 Å². The summed E-state index contributed by atoms with van der Waals surface area (Å²) in [5, 5.41) is 10.8. The lowest BCUT2D eigenvalue weighted by Crippen LogP contribution is -2.26. The highest BCUT2D eigenvalue weighted by atomic mass is 16.6. The van der Waals surface area contributed by atoms with Crippen molar-refractivity contribution in [2.75, 3.05) is 13.1 Å². The zero-order valence-corrected chi connectivity index (χ0v) is 10.9. The van der Waals surface area contributed by atoms with Crippen LogP contribution in [0.15, 0.2) is 23.9 Å². The maximum Gasteiger partial charge on any atom is 0.231 e. The number of likely N-dealkylation sites (tertiary alicyclic amines) is 1. The molecule has 0 bridgehead atoms. The number of hydrogen-bond donors (Lipinski definition) is 0. The Bertz CT molecular complexity index is 342. The molecule has 1 atom stereocenters. The second-order valence-electron chi connectivity index (χ2n) is 5.17. The Kier molecular flexibility index (Phi) is 4.79. The van der Waals surface area contributed by atoms with E-state index in [1.807, 2.05) is 6.08 Å². The van der Waals surface area contributed by atoms with Gasteiger partial charge in [-0.15, -0.1) is 0 Å². The molecule has 1 unspecified atom stereocenters. The summed E-state index contributed by atoms with van der Waals surface area (Å²) in [6.07, 6.45) is 13.8. The van der Waals surface area contributed by atoms with Crippen molar-refractivity contribution >= 4 is 0 Å². The quantitative estimate of drug-likeness (QED) is 0.558. The number of nitro groups is 1. The van der Waals surface area contributed by atoms with Crippen molar-refractivity contribution in [2.45, 2.75) is 51.0 Å².